The molecule has 2 aliphatic rings. The molecule has 2 aliphatic heterocycles. The summed E-state index contributed by atoms with van der Waals surface area (Å²) in [6, 6.07) is 8.60. The smallest absolute Gasteiger partial charge is 0.417 e. The van der Waals surface area contributed by atoms with E-state index in [1.54, 1.807) is 20.8 Å². The highest BCUT2D eigenvalue weighted by molar-refractivity contribution is 5.98. The number of hydrogen-bond acceptors (Lipinski definition) is 5. The standard InChI is InChI=1S/C20H26N2O5/c1-20(2,3)27-18(24)21-11-7-10-16(21)17(23)22-15(13-26-19(22)25)12-14-8-5-4-6-9-14/h4-6,8-9,15-16H,7,10-13H2,1-3H3/t15-,16-/m0/s1. The van der Waals surface area contributed by atoms with Crippen molar-refractivity contribution in [2.45, 2.75) is 57.7 Å². The van der Waals surface area contributed by atoms with E-state index in [0.717, 1.165) is 5.56 Å². The molecule has 2 heterocycles. The van der Waals surface area contributed by atoms with Crippen LogP contribution in [0.2, 0.25) is 0 Å². The molecule has 0 N–H and O–H groups in total. The molecule has 0 spiro atoms. The Morgan fingerprint density at radius 3 is 2.59 bits per heavy atom. The maximum atomic E-state index is 13.1. The first-order chi connectivity index (χ1) is 12.8. The lowest BCUT2D eigenvalue weighted by Crippen LogP contribution is -2.52. The highest BCUT2D eigenvalue weighted by Gasteiger charge is 2.45. The summed E-state index contributed by atoms with van der Waals surface area (Å²) in [4.78, 5) is 40.4. The molecule has 0 bridgehead atoms. The van der Waals surface area contributed by atoms with E-state index in [1.165, 1.54) is 9.80 Å². The fourth-order valence-electron chi connectivity index (χ4n) is 3.49. The van der Waals surface area contributed by atoms with Gasteiger partial charge in [0.1, 0.15) is 18.2 Å². The lowest BCUT2D eigenvalue weighted by Gasteiger charge is -2.30. The van der Waals surface area contributed by atoms with Gasteiger partial charge in [-0.25, -0.2) is 14.5 Å². The zero-order valence-electron chi connectivity index (χ0n) is 16.0. The first kappa shape index (κ1) is 19.2. The Hall–Kier alpha value is -2.57. The van der Waals surface area contributed by atoms with Crippen molar-refractivity contribution in [2.75, 3.05) is 13.2 Å². The summed E-state index contributed by atoms with van der Waals surface area (Å²) in [6.45, 7) is 5.96. The highest BCUT2D eigenvalue weighted by Crippen LogP contribution is 2.26. The number of nitrogens with zero attached hydrogens (tertiary/aromatic N) is 2. The van der Waals surface area contributed by atoms with E-state index in [2.05, 4.69) is 0 Å². The van der Waals surface area contributed by atoms with Crippen LogP contribution in [0.5, 0.6) is 0 Å². The van der Waals surface area contributed by atoms with Crippen molar-refractivity contribution in [3.05, 3.63) is 35.9 Å². The summed E-state index contributed by atoms with van der Waals surface area (Å²) in [7, 11) is 0. The molecule has 0 unspecified atom stereocenters. The zero-order valence-corrected chi connectivity index (χ0v) is 16.0. The minimum absolute atomic E-state index is 0.165. The Bertz CT molecular complexity index is 713. The Kier molecular flexibility index (Phi) is 5.39. The number of imide groups is 1. The van der Waals surface area contributed by atoms with Crippen LogP contribution in [0, 0.1) is 0 Å². The van der Waals surface area contributed by atoms with Crippen molar-refractivity contribution < 1.29 is 23.9 Å². The van der Waals surface area contributed by atoms with Gasteiger partial charge in [0.2, 0.25) is 0 Å². The van der Waals surface area contributed by atoms with Crippen molar-refractivity contribution >= 4 is 18.1 Å². The summed E-state index contributed by atoms with van der Waals surface area (Å²) in [5.41, 5.74) is 0.379. The van der Waals surface area contributed by atoms with E-state index in [0.29, 0.717) is 25.8 Å². The summed E-state index contributed by atoms with van der Waals surface area (Å²) < 4.78 is 10.6. The number of amides is 3. The molecular weight excluding hydrogens is 348 g/mol. The fourth-order valence-corrected chi connectivity index (χ4v) is 3.49. The molecule has 0 aliphatic carbocycles. The molecule has 0 radical (unpaired) electrons. The minimum Gasteiger partial charge on any atom is -0.447 e. The Morgan fingerprint density at radius 2 is 1.93 bits per heavy atom. The van der Waals surface area contributed by atoms with Crippen LogP contribution in [-0.2, 0) is 20.7 Å². The van der Waals surface area contributed by atoms with Crippen LogP contribution in [0.1, 0.15) is 39.2 Å². The van der Waals surface area contributed by atoms with E-state index >= 15 is 0 Å². The third-order valence-electron chi connectivity index (χ3n) is 4.68. The third-order valence-corrected chi connectivity index (χ3v) is 4.68. The highest BCUT2D eigenvalue weighted by atomic mass is 16.6. The van der Waals surface area contributed by atoms with Crippen molar-refractivity contribution in [3.63, 3.8) is 0 Å². The lowest BCUT2D eigenvalue weighted by molar-refractivity contribution is -0.133. The van der Waals surface area contributed by atoms with Gasteiger partial charge in [-0.05, 0) is 45.6 Å². The van der Waals surface area contributed by atoms with Gasteiger partial charge in [0.25, 0.3) is 5.91 Å². The van der Waals surface area contributed by atoms with Gasteiger partial charge in [0.15, 0.2) is 0 Å². The molecule has 3 rings (SSSR count). The Balaban J connectivity index is 1.74. The van der Waals surface area contributed by atoms with Gasteiger partial charge in [-0.15, -0.1) is 0 Å². The minimum atomic E-state index is -0.691. The zero-order chi connectivity index (χ0) is 19.6. The van der Waals surface area contributed by atoms with Gasteiger partial charge in [-0.1, -0.05) is 30.3 Å². The number of cyclic esters (lactones) is 1. The van der Waals surface area contributed by atoms with Crippen LogP contribution in [0.15, 0.2) is 30.3 Å². The van der Waals surface area contributed by atoms with Gasteiger partial charge in [0, 0.05) is 6.54 Å². The van der Waals surface area contributed by atoms with Crippen LogP contribution in [0.4, 0.5) is 9.59 Å². The molecule has 1 aromatic rings. The molecule has 2 atom stereocenters. The predicted molar refractivity (Wildman–Crippen MR) is 98.1 cm³/mol. The summed E-state index contributed by atoms with van der Waals surface area (Å²) in [6.07, 6.45) is 0.571. The van der Waals surface area contributed by atoms with Crippen molar-refractivity contribution in [1.29, 1.82) is 0 Å². The van der Waals surface area contributed by atoms with Crippen LogP contribution >= 0.6 is 0 Å². The topological polar surface area (TPSA) is 76.2 Å². The number of hydrogen-bond donors (Lipinski definition) is 0. The quantitative estimate of drug-likeness (QED) is 0.813. The molecule has 1 aromatic carbocycles. The van der Waals surface area contributed by atoms with E-state index in [1.807, 2.05) is 30.3 Å². The molecule has 0 aromatic heterocycles. The SMILES string of the molecule is CC(C)(C)OC(=O)N1CCC[C@H]1C(=O)N1C(=O)OC[C@@H]1Cc1ccccc1. The fraction of sp³-hybridized carbons (Fsp3) is 0.550. The normalized spacial score (nSPS) is 22.7. The van der Waals surface area contributed by atoms with E-state index in [4.69, 9.17) is 9.47 Å². The van der Waals surface area contributed by atoms with Gasteiger partial charge in [-0.3, -0.25) is 9.69 Å². The predicted octanol–water partition coefficient (Wildman–Crippen LogP) is 2.98. The van der Waals surface area contributed by atoms with Gasteiger partial charge in [-0.2, -0.15) is 0 Å². The average molecular weight is 374 g/mol. The lowest BCUT2D eigenvalue weighted by atomic mass is 10.0. The van der Waals surface area contributed by atoms with Crippen LogP contribution in [0.3, 0.4) is 0 Å². The Morgan fingerprint density at radius 1 is 1.22 bits per heavy atom. The molecular formula is C20H26N2O5. The summed E-state index contributed by atoms with van der Waals surface area (Å²) in [5, 5.41) is 0. The summed E-state index contributed by atoms with van der Waals surface area (Å²) in [5.74, 6) is -0.387. The molecule has 7 nitrogen and oxygen atoms in total. The van der Waals surface area contributed by atoms with Crippen LogP contribution in [-0.4, -0.2) is 58.7 Å². The Labute approximate surface area is 159 Å². The van der Waals surface area contributed by atoms with E-state index in [-0.39, 0.29) is 18.6 Å². The number of carbonyl (C=O) groups is 3. The van der Waals surface area contributed by atoms with Crippen molar-refractivity contribution in [1.82, 2.24) is 9.80 Å². The number of ether oxygens (including phenoxy) is 2. The summed E-state index contributed by atoms with van der Waals surface area (Å²) >= 11 is 0. The third kappa shape index (κ3) is 4.40. The molecule has 2 saturated heterocycles. The van der Waals surface area contributed by atoms with Gasteiger partial charge >= 0.3 is 12.2 Å². The first-order valence-corrected chi connectivity index (χ1v) is 9.29. The van der Waals surface area contributed by atoms with Crippen LogP contribution < -0.4 is 0 Å². The first-order valence-electron chi connectivity index (χ1n) is 9.29. The van der Waals surface area contributed by atoms with E-state index in [9.17, 15) is 14.4 Å². The molecule has 3 amide bonds. The maximum absolute atomic E-state index is 13.1. The van der Waals surface area contributed by atoms with Crippen LogP contribution in [0.25, 0.3) is 0 Å². The number of rotatable bonds is 3. The largest absolute Gasteiger partial charge is 0.447 e. The molecule has 2 fully saturated rings. The van der Waals surface area contributed by atoms with Crippen molar-refractivity contribution in [3.8, 4) is 0 Å². The molecule has 27 heavy (non-hydrogen) atoms. The van der Waals surface area contributed by atoms with Crippen molar-refractivity contribution in [2.24, 2.45) is 0 Å². The number of carbonyl (C=O) groups excluding carboxylic acids is 3. The number of benzene rings is 1. The second-order valence-corrected chi connectivity index (χ2v) is 7.96. The maximum Gasteiger partial charge on any atom is 0.417 e. The second-order valence-electron chi connectivity index (χ2n) is 7.96. The van der Waals surface area contributed by atoms with Gasteiger partial charge < -0.3 is 9.47 Å². The number of likely N-dealkylation sites (tertiary alicyclic amines) is 1. The monoisotopic (exact) mass is 374 g/mol. The van der Waals surface area contributed by atoms with Gasteiger partial charge in [0.05, 0.1) is 6.04 Å². The molecule has 7 heteroatoms. The average Bonchev–Trinajstić information content (AvgIpc) is 3.21. The molecule has 146 valence electrons. The molecule has 0 saturated carbocycles. The van der Waals surface area contributed by atoms with E-state index < -0.39 is 23.8 Å². The second kappa shape index (κ2) is 7.58.